The molecule has 4 aromatic rings. The number of ether oxygens (including phenoxy) is 1. The summed E-state index contributed by atoms with van der Waals surface area (Å²) in [5.41, 5.74) is 1.60. The lowest BCUT2D eigenvalue weighted by atomic mass is 10.0. The minimum Gasteiger partial charge on any atom is -0.493 e. The summed E-state index contributed by atoms with van der Waals surface area (Å²) >= 11 is 0. The summed E-state index contributed by atoms with van der Waals surface area (Å²) in [6.07, 6.45) is 4.92. The number of nitrogens with zero attached hydrogens (tertiary/aromatic N) is 3. The molecule has 0 bridgehead atoms. The number of benzene rings is 1. The lowest BCUT2D eigenvalue weighted by Crippen LogP contribution is -2.13. The van der Waals surface area contributed by atoms with Gasteiger partial charge in [-0.25, -0.2) is 4.39 Å². The fraction of sp³-hybridized carbons (Fsp3) is 0.231. The fourth-order valence-electron chi connectivity index (χ4n) is 3.96. The number of anilines is 1. The molecule has 0 fully saturated rings. The van der Waals surface area contributed by atoms with Crippen LogP contribution in [0.2, 0.25) is 0 Å². The van der Waals surface area contributed by atoms with E-state index in [1.807, 2.05) is 0 Å². The first kappa shape index (κ1) is 25.6. The molecule has 0 aliphatic rings. The van der Waals surface area contributed by atoms with E-state index in [2.05, 4.69) is 10.4 Å². The quantitative estimate of drug-likeness (QED) is 0.220. The number of hydrogen-bond donors (Lipinski definition) is 3. The highest BCUT2D eigenvalue weighted by atomic mass is 19.1. The summed E-state index contributed by atoms with van der Waals surface area (Å²) in [5.74, 6) is -2.20. The van der Waals surface area contributed by atoms with Gasteiger partial charge in [0.05, 0.1) is 41.9 Å². The van der Waals surface area contributed by atoms with Crippen molar-refractivity contribution < 1.29 is 33.7 Å². The SMILES string of the molecule is CC(=O)c1cc(C(=O)Nc2cc(CO)cc(-c3cnn(C)c3)c2F)c2cc(OCCCC(=O)O)ccn12. The molecule has 37 heavy (non-hydrogen) atoms. The van der Waals surface area contributed by atoms with Crippen LogP contribution in [0.5, 0.6) is 5.75 Å². The van der Waals surface area contributed by atoms with Crippen molar-refractivity contribution in [3.8, 4) is 16.9 Å². The Balaban J connectivity index is 1.69. The van der Waals surface area contributed by atoms with Gasteiger partial charge in [0.2, 0.25) is 0 Å². The van der Waals surface area contributed by atoms with Crippen LogP contribution in [0.15, 0.2) is 48.9 Å². The van der Waals surface area contributed by atoms with E-state index in [-0.39, 0.29) is 47.9 Å². The Kier molecular flexibility index (Phi) is 7.35. The number of Topliss-reactive ketones (excluding diaryl/α,β-unsaturated/α-hetero) is 1. The molecular formula is C26H25FN4O6. The van der Waals surface area contributed by atoms with Crippen LogP contribution in [0, 0.1) is 5.82 Å². The number of carbonyl (C=O) groups excluding carboxylic acids is 2. The Labute approximate surface area is 210 Å². The van der Waals surface area contributed by atoms with Gasteiger partial charge in [-0.05, 0) is 36.2 Å². The van der Waals surface area contributed by atoms with Crippen LogP contribution in [0.1, 0.15) is 46.2 Å². The van der Waals surface area contributed by atoms with Crippen LogP contribution in [0.25, 0.3) is 16.6 Å². The number of nitrogens with one attached hydrogen (secondary N) is 1. The molecule has 3 heterocycles. The van der Waals surface area contributed by atoms with Crippen molar-refractivity contribution >= 4 is 28.9 Å². The average Bonchev–Trinajstić information content (AvgIpc) is 3.46. The predicted molar refractivity (Wildman–Crippen MR) is 132 cm³/mol. The van der Waals surface area contributed by atoms with Crippen LogP contribution in [-0.2, 0) is 18.4 Å². The van der Waals surface area contributed by atoms with Gasteiger partial charge in [0, 0.05) is 50.0 Å². The summed E-state index contributed by atoms with van der Waals surface area (Å²) in [5, 5.41) is 25.1. The lowest BCUT2D eigenvalue weighted by Gasteiger charge is -2.12. The summed E-state index contributed by atoms with van der Waals surface area (Å²) in [4.78, 5) is 36.3. The number of aromatic nitrogens is 3. The summed E-state index contributed by atoms with van der Waals surface area (Å²) < 4.78 is 24.1. The number of halogens is 1. The molecule has 11 heteroatoms. The smallest absolute Gasteiger partial charge is 0.303 e. The molecular weight excluding hydrogens is 483 g/mol. The highest BCUT2D eigenvalue weighted by Gasteiger charge is 2.21. The standard InChI is InChI=1S/C26H25FN4O6/c1-15(33)22-11-20(23-10-18(5-6-31(22)23)37-7-3-4-24(34)35)26(36)29-21-9-16(14-32)8-19(25(21)27)17-12-28-30(2)13-17/h5-6,8-13,32H,3-4,7,14H2,1-2H3,(H,29,36)(H,34,35). The fourth-order valence-corrected chi connectivity index (χ4v) is 3.96. The number of carboxylic acid groups (broad SMARTS) is 1. The Morgan fingerprint density at radius 2 is 1.97 bits per heavy atom. The largest absolute Gasteiger partial charge is 0.493 e. The summed E-state index contributed by atoms with van der Waals surface area (Å²) in [6.45, 7) is 1.15. The number of aliphatic carboxylic acids is 1. The first-order valence-electron chi connectivity index (χ1n) is 11.4. The Morgan fingerprint density at radius 1 is 1.19 bits per heavy atom. The molecule has 4 rings (SSSR count). The summed E-state index contributed by atoms with van der Waals surface area (Å²) in [7, 11) is 1.69. The minimum absolute atomic E-state index is 0.0466. The van der Waals surface area contributed by atoms with Gasteiger partial charge in [-0.15, -0.1) is 0 Å². The molecule has 0 aliphatic carbocycles. The molecule has 10 nitrogen and oxygen atoms in total. The van der Waals surface area contributed by atoms with Gasteiger partial charge in [0.1, 0.15) is 5.75 Å². The Hall–Kier alpha value is -4.51. The van der Waals surface area contributed by atoms with Gasteiger partial charge >= 0.3 is 5.97 Å². The molecule has 0 aliphatic heterocycles. The number of pyridine rings is 1. The number of fused-ring (bicyclic) bond motifs is 1. The lowest BCUT2D eigenvalue weighted by molar-refractivity contribution is -0.137. The first-order valence-corrected chi connectivity index (χ1v) is 11.4. The molecule has 0 atom stereocenters. The van der Waals surface area contributed by atoms with Crippen LogP contribution in [0.3, 0.4) is 0 Å². The van der Waals surface area contributed by atoms with E-state index in [0.29, 0.717) is 28.8 Å². The van der Waals surface area contributed by atoms with E-state index in [0.717, 1.165) is 0 Å². The second-order valence-corrected chi connectivity index (χ2v) is 8.48. The summed E-state index contributed by atoms with van der Waals surface area (Å²) in [6, 6.07) is 7.40. The van der Waals surface area contributed by atoms with Gasteiger partial charge in [0.15, 0.2) is 11.6 Å². The van der Waals surface area contributed by atoms with Gasteiger partial charge in [-0.2, -0.15) is 5.10 Å². The predicted octanol–water partition coefficient (Wildman–Crippen LogP) is 3.67. The maximum atomic E-state index is 15.4. The van der Waals surface area contributed by atoms with Crippen molar-refractivity contribution in [2.24, 2.45) is 7.05 Å². The molecule has 1 aromatic carbocycles. The molecule has 0 unspecified atom stereocenters. The number of rotatable bonds is 10. The zero-order valence-electron chi connectivity index (χ0n) is 20.2. The normalized spacial score (nSPS) is 11.0. The number of aryl methyl sites for hydroxylation is 1. The van der Waals surface area contributed by atoms with Gasteiger partial charge in [0.25, 0.3) is 5.91 Å². The van der Waals surface area contributed by atoms with E-state index < -0.39 is 17.7 Å². The third kappa shape index (κ3) is 5.51. The zero-order chi connectivity index (χ0) is 26.7. The molecule has 192 valence electrons. The number of aliphatic hydroxyl groups excluding tert-OH is 1. The maximum absolute atomic E-state index is 15.4. The number of ketones is 1. The van der Waals surface area contributed by atoms with Crippen molar-refractivity contribution in [2.45, 2.75) is 26.4 Å². The van der Waals surface area contributed by atoms with Crippen molar-refractivity contribution in [3.63, 3.8) is 0 Å². The van der Waals surface area contributed by atoms with Gasteiger partial charge in [-0.3, -0.25) is 19.1 Å². The molecule has 0 radical (unpaired) electrons. The van der Waals surface area contributed by atoms with Crippen molar-refractivity contribution in [1.82, 2.24) is 14.2 Å². The van der Waals surface area contributed by atoms with Gasteiger partial charge < -0.3 is 24.7 Å². The second kappa shape index (κ2) is 10.6. The molecule has 0 spiro atoms. The monoisotopic (exact) mass is 508 g/mol. The van der Waals surface area contributed by atoms with E-state index in [9.17, 15) is 19.5 Å². The topological polar surface area (TPSA) is 135 Å². The van der Waals surface area contributed by atoms with Gasteiger partial charge in [-0.1, -0.05) is 0 Å². The number of hydrogen-bond acceptors (Lipinski definition) is 6. The minimum atomic E-state index is -0.931. The maximum Gasteiger partial charge on any atom is 0.303 e. The van der Waals surface area contributed by atoms with Crippen LogP contribution < -0.4 is 10.1 Å². The number of carbonyl (C=O) groups is 3. The number of amides is 1. The van der Waals surface area contributed by atoms with E-state index in [1.54, 1.807) is 31.6 Å². The number of carboxylic acids is 1. The third-order valence-electron chi connectivity index (χ3n) is 5.73. The zero-order valence-corrected chi connectivity index (χ0v) is 20.2. The van der Waals surface area contributed by atoms with E-state index in [4.69, 9.17) is 9.84 Å². The highest BCUT2D eigenvalue weighted by Crippen LogP contribution is 2.31. The number of aliphatic hydroxyl groups is 1. The van der Waals surface area contributed by atoms with Crippen molar-refractivity contribution in [3.05, 3.63) is 71.6 Å². The van der Waals surface area contributed by atoms with E-state index in [1.165, 1.54) is 40.4 Å². The van der Waals surface area contributed by atoms with Crippen LogP contribution >= 0.6 is 0 Å². The molecule has 3 aromatic heterocycles. The Bertz CT molecular complexity index is 1510. The van der Waals surface area contributed by atoms with Crippen LogP contribution in [-0.4, -0.2) is 48.7 Å². The molecule has 3 N–H and O–H groups in total. The first-order chi connectivity index (χ1) is 17.7. The molecule has 1 amide bonds. The Morgan fingerprint density at radius 3 is 2.62 bits per heavy atom. The van der Waals surface area contributed by atoms with E-state index >= 15 is 4.39 Å². The average molecular weight is 509 g/mol. The second-order valence-electron chi connectivity index (χ2n) is 8.48. The highest BCUT2D eigenvalue weighted by molar-refractivity contribution is 6.11. The van der Waals surface area contributed by atoms with Crippen molar-refractivity contribution in [1.29, 1.82) is 0 Å². The third-order valence-corrected chi connectivity index (χ3v) is 5.73. The van der Waals surface area contributed by atoms with Crippen molar-refractivity contribution in [2.75, 3.05) is 11.9 Å². The molecule has 0 saturated heterocycles. The van der Waals surface area contributed by atoms with Crippen LogP contribution in [0.4, 0.5) is 10.1 Å². The molecule has 0 saturated carbocycles.